The van der Waals surface area contributed by atoms with Gasteiger partial charge in [0.15, 0.2) is 6.10 Å². The van der Waals surface area contributed by atoms with E-state index in [1.165, 1.54) is 116 Å². The SMILES string of the molecule is CC/C=C\C/C=C\C/C=C\C/C=C\C/C=C\CCCCCCCCCC(=O)OCC(COC(=O)CCCC/C=C\C/C=C\C/C=C\C/C=C\CC)OC(=O)CCCCCCCCCCCCCCCCCCC. The fourth-order valence-corrected chi connectivity index (χ4v) is 8.28. The monoisotopic (exact) mass is 1010 g/mol. The molecule has 0 heterocycles. The van der Waals surface area contributed by atoms with Crippen LogP contribution in [0.4, 0.5) is 0 Å². The molecule has 0 saturated carbocycles. The van der Waals surface area contributed by atoms with Gasteiger partial charge in [0.25, 0.3) is 0 Å². The van der Waals surface area contributed by atoms with Crippen LogP contribution in [0.15, 0.2) is 109 Å². The Morgan fingerprint density at radius 3 is 0.863 bits per heavy atom. The fourth-order valence-electron chi connectivity index (χ4n) is 8.28. The third-order valence-electron chi connectivity index (χ3n) is 12.8. The van der Waals surface area contributed by atoms with Crippen molar-refractivity contribution in [1.29, 1.82) is 0 Å². The molecule has 416 valence electrons. The number of allylic oxidation sites excluding steroid dienone is 18. The van der Waals surface area contributed by atoms with Crippen molar-refractivity contribution in [2.75, 3.05) is 13.2 Å². The lowest BCUT2D eigenvalue weighted by Crippen LogP contribution is -2.30. The molecule has 0 aromatic heterocycles. The Hall–Kier alpha value is -3.93. The highest BCUT2D eigenvalue weighted by Gasteiger charge is 2.19. The van der Waals surface area contributed by atoms with E-state index < -0.39 is 6.10 Å². The third kappa shape index (κ3) is 58.8. The van der Waals surface area contributed by atoms with Crippen LogP contribution < -0.4 is 0 Å². The lowest BCUT2D eigenvalue weighted by molar-refractivity contribution is -0.167. The first-order valence-electron chi connectivity index (χ1n) is 30.4. The van der Waals surface area contributed by atoms with Crippen LogP contribution in [0.25, 0.3) is 0 Å². The topological polar surface area (TPSA) is 78.9 Å². The van der Waals surface area contributed by atoms with Crippen LogP contribution in [0.5, 0.6) is 0 Å². The summed E-state index contributed by atoms with van der Waals surface area (Å²) in [5.74, 6) is -0.942. The van der Waals surface area contributed by atoms with Crippen LogP contribution in [0, 0.1) is 0 Å². The summed E-state index contributed by atoms with van der Waals surface area (Å²) in [6, 6.07) is 0. The highest BCUT2D eigenvalue weighted by Crippen LogP contribution is 2.16. The highest BCUT2D eigenvalue weighted by molar-refractivity contribution is 5.71. The molecule has 0 saturated heterocycles. The number of carbonyl (C=O) groups is 3. The number of esters is 3. The minimum Gasteiger partial charge on any atom is -0.462 e. The highest BCUT2D eigenvalue weighted by atomic mass is 16.6. The van der Waals surface area contributed by atoms with Crippen molar-refractivity contribution in [2.24, 2.45) is 0 Å². The normalized spacial score (nSPS) is 12.9. The van der Waals surface area contributed by atoms with Gasteiger partial charge in [-0.05, 0) is 103 Å². The van der Waals surface area contributed by atoms with Crippen LogP contribution in [0.2, 0.25) is 0 Å². The van der Waals surface area contributed by atoms with Crippen molar-refractivity contribution in [3.05, 3.63) is 109 Å². The molecule has 0 aliphatic rings. The molecule has 1 unspecified atom stereocenters. The maximum atomic E-state index is 12.9. The summed E-state index contributed by atoms with van der Waals surface area (Å²) in [7, 11) is 0. The number of unbranched alkanes of at least 4 members (excludes halogenated alkanes) is 25. The van der Waals surface area contributed by atoms with E-state index in [1.807, 2.05) is 0 Å². The van der Waals surface area contributed by atoms with Gasteiger partial charge >= 0.3 is 17.9 Å². The maximum Gasteiger partial charge on any atom is 0.306 e. The maximum absolute atomic E-state index is 12.9. The molecule has 0 aliphatic carbocycles. The van der Waals surface area contributed by atoms with Crippen molar-refractivity contribution in [3.63, 3.8) is 0 Å². The van der Waals surface area contributed by atoms with Gasteiger partial charge in [-0.3, -0.25) is 14.4 Å². The number of hydrogen-bond donors (Lipinski definition) is 0. The number of carbonyl (C=O) groups excluding carboxylic acids is 3. The number of rotatable bonds is 54. The van der Waals surface area contributed by atoms with E-state index >= 15 is 0 Å². The number of hydrogen-bond acceptors (Lipinski definition) is 6. The van der Waals surface area contributed by atoms with Gasteiger partial charge in [0.05, 0.1) is 0 Å². The van der Waals surface area contributed by atoms with Crippen LogP contribution in [-0.2, 0) is 28.6 Å². The average molecular weight is 1010 g/mol. The summed E-state index contributed by atoms with van der Waals surface area (Å²) in [5.41, 5.74) is 0. The Morgan fingerprint density at radius 1 is 0.288 bits per heavy atom. The van der Waals surface area contributed by atoms with Crippen LogP contribution >= 0.6 is 0 Å². The summed E-state index contributed by atoms with van der Waals surface area (Å²) in [4.78, 5) is 38.2. The molecule has 1 atom stereocenters. The molecular formula is C67H112O6. The van der Waals surface area contributed by atoms with Crippen molar-refractivity contribution in [1.82, 2.24) is 0 Å². The molecule has 0 fully saturated rings. The molecule has 6 heteroatoms. The summed E-state index contributed by atoms with van der Waals surface area (Å²) in [5, 5.41) is 0. The van der Waals surface area contributed by atoms with Gasteiger partial charge in [-0.1, -0.05) is 265 Å². The molecule has 6 nitrogen and oxygen atoms in total. The van der Waals surface area contributed by atoms with Crippen LogP contribution in [0.1, 0.15) is 278 Å². The lowest BCUT2D eigenvalue weighted by atomic mass is 10.0. The van der Waals surface area contributed by atoms with Crippen molar-refractivity contribution in [2.45, 2.75) is 284 Å². The smallest absolute Gasteiger partial charge is 0.306 e. The summed E-state index contributed by atoms with van der Waals surface area (Å²) >= 11 is 0. The standard InChI is InChI=1S/C67H112O6/c1-4-7-10-13-16-19-22-25-28-30-31-32-33-34-35-37-39-42-45-48-51-54-57-60-66(69)72-63-64(62-71-65(68)59-56-53-50-47-44-41-38-27-24-21-18-15-12-9-6-3)73-67(70)61-58-55-52-49-46-43-40-36-29-26-23-20-17-14-11-8-5-2/h7,9-10,12,16,18-19,21,25,27-28,31-32,34-35,38,44,47,64H,4-6,8,11,13-15,17,20,22-24,26,29-30,33,36-37,39-43,45-46,48-63H2,1-3H3/b10-7-,12-9-,19-16-,21-18-,28-25-,32-31-,35-34-,38-27-,47-44-. The summed E-state index contributed by atoms with van der Waals surface area (Å²) in [6.45, 7) is 6.39. The molecule has 0 spiro atoms. The van der Waals surface area contributed by atoms with E-state index in [0.717, 1.165) is 122 Å². The summed E-state index contributed by atoms with van der Waals surface area (Å²) in [6.07, 6.45) is 82.3. The summed E-state index contributed by atoms with van der Waals surface area (Å²) < 4.78 is 16.9. The Balaban J connectivity index is 4.42. The van der Waals surface area contributed by atoms with Crippen LogP contribution in [0.3, 0.4) is 0 Å². The van der Waals surface area contributed by atoms with E-state index in [9.17, 15) is 14.4 Å². The van der Waals surface area contributed by atoms with E-state index in [4.69, 9.17) is 14.2 Å². The second-order valence-electron chi connectivity index (χ2n) is 19.9. The van der Waals surface area contributed by atoms with Gasteiger partial charge in [-0.2, -0.15) is 0 Å². The quantitative estimate of drug-likeness (QED) is 0.0261. The molecule has 0 radical (unpaired) electrons. The Labute approximate surface area is 450 Å². The van der Waals surface area contributed by atoms with Crippen LogP contribution in [-0.4, -0.2) is 37.2 Å². The number of ether oxygens (including phenoxy) is 3. The van der Waals surface area contributed by atoms with Crippen molar-refractivity contribution in [3.8, 4) is 0 Å². The van der Waals surface area contributed by atoms with Gasteiger partial charge in [-0.25, -0.2) is 0 Å². The van der Waals surface area contributed by atoms with Gasteiger partial charge in [0, 0.05) is 19.3 Å². The van der Waals surface area contributed by atoms with E-state index in [2.05, 4.69) is 130 Å². The molecule has 0 N–H and O–H groups in total. The molecule has 73 heavy (non-hydrogen) atoms. The fraction of sp³-hybridized carbons (Fsp3) is 0.687. The van der Waals surface area contributed by atoms with Crippen molar-refractivity contribution >= 4 is 17.9 Å². The third-order valence-corrected chi connectivity index (χ3v) is 12.8. The zero-order valence-electron chi connectivity index (χ0n) is 47.6. The minimum atomic E-state index is -0.801. The molecule has 0 aliphatic heterocycles. The molecule has 0 aromatic carbocycles. The first-order valence-corrected chi connectivity index (χ1v) is 30.4. The molecular weight excluding hydrogens is 901 g/mol. The van der Waals surface area contributed by atoms with E-state index in [0.29, 0.717) is 19.3 Å². The second kappa shape index (κ2) is 60.6. The zero-order valence-corrected chi connectivity index (χ0v) is 47.6. The molecule has 0 aromatic rings. The predicted molar refractivity (Wildman–Crippen MR) is 316 cm³/mol. The van der Waals surface area contributed by atoms with Crippen molar-refractivity contribution < 1.29 is 28.6 Å². The first-order chi connectivity index (χ1) is 36.0. The van der Waals surface area contributed by atoms with E-state index in [-0.39, 0.29) is 31.1 Å². The largest absolute Gasteiger partial charge is 0.462 e. The Kier molecular flexibility index (Phi) is 57.4. The van der Waals surface area contributed by atoms with Gasteiger partial charge < -0.3 is 14.2 Å². The lowest BCUT2D eigenvalue weighted by Gasteiger charge is -2.18. The van der Waals surface area contributed by atoms with Gasteiger partial charge in [-0.15, -0.1) is 0 Å². The molecule has 0 bridgehead atoms. The zero-order chi connectivity index (χ0) is 52.9. The predicted octanol–water partition coefficient (Wildman–Crippen LogP) is 20.7. The minimum absolute atomic E-state index is 0.0966. The molecule has 0 rings (SSSR count). The van der Waals surface area contributed by atoms with Gasteiger partial charge in [0.1, 0.15) is 13.2 Å². The first kappa shape index (κ1) is 69.1. The Bertz CT molecular complexity index is 1490. The average Bonchev–Trinajstić information content (AvgIpc) is 3.39. The van der Waals surface area contributed by atoms with Gasteiger partial charge in [0.2, 0.25) is 0 Å². The molecule has 0 amide bonds. The second-order valence-corrected chi connectivity index (χ2v) is 19.9. The Morgan fingerprint density at radius 2 is 0.534 bits per heavy atom. The van der Waals surface area contributed by atoms with E-state index in [1.54, 1.807) is 0 Å².